The number of carbonyl (C=O) groups excluding carboxylic acids is 2. The van der Waals surface area contributed by atoms with Gasteiger partial charge >= 0.3 is 0 Å². The zero-order valence-corrected chi connectivity index (χ0v) is 19.5. The molecule has 0 saturated heterocycles. The van der Waals surface area contributed by atoms with E-state index in [0.29, 0.717) is 25.7 Å². The summed E-state index contributed by atoms with van der Waals surface area (Å²) >= 11 is 0. The Morgan fingerprint density at radius 3 is 2.00 bits per heavy atom. The van der Waals surface area contributed by atoms with E-state index in [1.165, 1.54) is 0 Å². The SMILES string of the molecule is O=C(NCCS(=O)(=O)O)C1CC2(OC3CCCCC3C(=O)NCCS(=O)(=O)O)CCC1C2. The lowest BCUT2D eigenvalue weighted by Gasteiger charge is -2.38. The molecule has 4 N–H and O–H groups in total. The first-order valence-electron chi connectivity index (χ1n) is 11.0. The van der Waals surface area contributed by atoms with Gasteiger partial charge in [-0.2, -0.15) is 16.8 Å². The number of fused-ring (bicyclic) bond motifs is 2. The molecule has 3 aliphatic carbocycles. The van der Waals surface area contributed by atoms with Gasteiger partial charge in [-0.25, -0.2) is 0 Å². The number of rotatable bonds is 10. The van der Waals surface area contributed by atoms with Crippen molar-refractivity contribution in [3.05, 3.63) is 0 Å². The second-order valence-electron chi connectivity index (χ2n) is 9.20. The van der Waals surface area contributed by atoms with Crippen molar-refractivity contribution in [2.45, 2.75) is 63.1 Å². The fourth-order valence-electron chi connectivity index (χ4n) is 5.42. The van der Waals surface area contributed by atoms with Crippen LogP contribution in [-0.4, -0.2) is 74.1 Å². The standard InChI is InChI=1S/C19H32N2O9S2/c22-17(20-7-9-31(24,25)26)14-3-1-2-4-16(14)30-19-6-5-13(11-19)15(12-19)18(23)21-8-10-32(27,28)29/h13-16H,1-12H2,(H,20,22)(H,21,23)(H,24,25,26)(H,27,28,29). The lowest BCUT2D eigenvalue weighted by Crippen LogP contribution is -2.46. The van der Waals surface area contributed by atoms with Crippen molar-refractivity contribution in [2.75, 3.05) is 24.6 Å². The highest BCUT2D eigenvalue weighted by molar-refractivity contribution is 7.86. The lowest BCUT2D eigenvalue weighted by atomic mass is 9.83. The Bertz CT molecular complexity index is 921. The molecule has 5 atom stereocenters. The average molecular weight is 497 g/mol. The molecule has 0 spiro atoms. The third kappa shape index (κ3) is 6.86. The van der Waals surface area contributed by atoms with E-state index >= 15 is 0 Å². The molecule has 0 aliphatic heterocycles. The van der Waals surface area contributed by atoms with Crippen molar-refractivity contribution in [1.82, 2.24) is 10.6 Å². The van der Waals surface area contributed by atoms with Crippen molar-refractivity contribution in [3.63, 3.8) is 0 Å². The van der Waals surface area contributed by atoms with Crippen LogP contribution in [-0.2, 0) is 34.6 Å². The minimum absolute atomic E-state index is 0.131. The molecule has 13 heteroatoms. The summed E-state index contributed by atoms with van der Waals surface area (Å²) in [6.07, 6.45) is 5.60. The van der Waals surface area contributed by atoms with Crippen LogP contribution in [0.25, 0.3) is 0 Å². The molecule has 184 valence electrons. The van der Waals surface area contributed by atoms with Gasteiger partial charge in [-0.05, 0) is 44.4 Å². The lowest BCUT2D eigenvalue weighted by molar-refractivity contribution is -0.150. The van der Waals surface area contributed by atoms with Crippen LogP contribution in [0.2, 0.25) is 0 Å². The fraction of sp³-hybridized carbons (Fsp3) is 0.895. The molecule has 32 heavy (non-hydrogen) atoms. The van der Waals surface area contributed by atoms with Crippen molar-refractivity contribution >= 4 is 32.1 Å². The molecule has 2 amide bonds. The molecule has 0 aromatic rings. The summed E-state index contributed by atoms with van der Waals surface area (Å²) in [6.45, 7) is -0.316. The van der Waals surface area contributed by atoms with Gasteiger partial charge in [0.2, 0.25) is 11.8 Å². The number of amides is 2. The molecule has 5 unspecified atom stereocenters. The monoisotopic (exact) mass is 496 g/mol. The van der Waals surface area contributed by atoms with Gasteiger partial charge in [0, 0.05) is 19.0 Å². The Labute approximate surface area is 188 Å². The predicted molar refractivity (Wildman–Crippen MR) is 114 cm³/mol. The van der Waals surface area contributed by atoms with Gasteiger partial charge in [0.15, 0.2) is 0 Å². The second kappa shape index (κ2) is 9.92. The Hall–Kier alpha value is -1.28. The van der Waals surface area contributed by atoms with Gasteiger partial charge in [0.1, 0.15) is 0 Å². The molecule has 3 fully saturated rings. The second-order valence-corrected chi connectivity index (χ2v) is 12.3. The number of nitrogens with one attached hydrogen (secondary N) is 2. The van der Waals surface area contributed by atoms with E-state index in [4.69, 9.17) is 13.8 Å². The Kier molecular flexibility index (Phi) is 7.85. The quantitative estimate of drug-likeness (QED) is 0.306. The molecule has 11 nitrogen and oxygen atoms in total. The number of hydrogen-bond donors (Lipinski definition) is 4. The highest BCUT2D eigenvalue weighted by atomic mass is 32.2. The molecular weight excluding hydrogens is 464 g/mol. The first kappa shape index (κ1) is 25.3. The van der Waals surface area contributed by atoms with Crippen LogP contribution in [0.4, 0.5) is 0 Å². The smallest absolute Gasteiger partial charge is 0.266 e. The average Bonchev–Trinajstić information content (AvgIpc) is 3.24. The molecule has 0 heterocycles. The normalized spacial score (nSPS) is 32.6. The molecule has 3 aliphatic rings. The zero-order chi connectivity index (χ0) is 23.6. The topological polar surface area (TPSA) is 176 Å². The van der Waals surface area contributed by atoms with Crippen LogP contribution < -0.4 is 10.6 Å². The summed E-state index contributed by atoms with van der Waals surface area (Å²) in [7, 11) is -8.29. The summed E-state index contributed by atoms with van der Waals surface area (Å²) < 4.78 is 67.6. The summed E-state index contributed by atoms with van der Waals surface area (Å²) in [5, 5.41) is 5.16. The molecule has 3 rings (SSSR count). The third-order valence-electron chi connectivity index (χ3n) is 6.86. The van der Waals surface area contributed by atoms with Crippen LogP contribution in [0.1, 0.15) is 51.4 Å². The van der Waals surface area contributed by atoms with Gasteiger partial charge < -0.3 is 15.4 Å². The minimum atomic E-state index is -4.15. The van der Waals surface area contributed by atoms with Crippen LogP contribution in [0.15, 0.2) is 0 Å². The van der Waals surface area contributed by atoms with Crippen LogP contribution >= 0.6 is 0 Å². The van der Waals surface area contributed by atoms with Crippen molar-refractivity contribution in [2.24, 2.45) is 17.8 Å². The van der Waals surface area contributed by atoms with E-state index in [1.54, 1.807) is 0 Å². The number of carbonyl (C=O) groups is 2. The van der Waals surface area contributed by atoms with Gasteiger partial charge in [0.25, 0.3) is 20.2 Å². The maximum atomic E-state index is 12.6. The van der Waals surface area contributed by atoms with E-state index in [-0.39, 0.29) is 42.8 Å². The molecule has 0 aromatic heterocycles. The Morgan fingerprint density at radius 2 is 1.41 bits per heavy atom. The first-order chi connectivity index (χ1) is 14.9. The van der Waals surface area contributed by atoms with E-state index in [9.17, 15) is 26.4 Å². The first-order valence-corrected chi connectivity index (χ1v) is 14.2. The van der Waals surface area contributed by atoms with Gasteiger partial charge in [-0.1, -0.05) is 12.8 Å². The number of ether oxygens (including phenoxy) is 1. The summed E-state index contributed by atoms with van der Waals surface area (Å²) in [6, 6.07) is 0. The largest absolute Gasteiger partial charge is 0.371 e. The van der Waals surface area contributed by atoms with Crippen molar-refractivity contribution < 1.29 is 40.3 Å². The van der Waals surface area contributed by atoms with Gasteiger partial charge in [0.05, 0.1) is 29.1 Å². The van der Waals surface area contributed by atoms with E-state index in [0.717, 1.165) is 25.7 Å². The van der Waals surface area contributed by atoms with Gasteiger partial charge in [-0.3, -0.25) is 18.7 Å². The molecule has 3 saturated carbocycles. The zero-order valence-electron chi connectivity index (χ0n) is 17.9. The highest BCUT2D eigenvalue weighted by Gasteiger charge is 2.55. The van der Waals surface area contributed by atoms with E-state index in [1.807, 2.05) is 0 Å². The molecule has 0 radical (unpaired) electrons. The van der Waals surface area contributed by atoms with Crippen molar-refractivity contribution in [1.29, 1.82) is 0 Å². The molecule has 0 aromatic carbocycles. The third-order valence-corrected chi connectivity index (χ3v) is 8.30. The molecular formula is C19H32N2O9S2. The van der Waals surface area contributed by atoms with E-state index < -0.39 is 43.3 Å². The maximum Gasteiger partial charge on any atom is 0.266 e. The van der Waals surface area contributed by atoms with E-state index in [2.05, 4.69) is 10.6 Å². The van der Waals surface area contributed by atoms with Crippen LogP contribution in [0.5, 0.6) is 0 Å². The molecule has 2 bridgehead atoms. The summed E-state index contributed by atoms with van der Waals surface area (Å²) in [4.78, 5) is 25.2. The fourth-order valence-corrected chi connectivity index (χ4v) is 6.14. The van der Waals surface area contributed by atoms with Gasteiger partial charge in [-0.15, -0.1) is 0 Å². The highest BCUT2D eigenvalue weighted by Crippen LogP contribution is 2.54. The number of hydrogen-bond acceptors (Lipinski definition) is 7. The van der Waals surface area contributed by atoms with Crippen LogP contribution in [0, 0.1) is 17.8 Å². The summed E-state index contributed by atoms with van der Waals surface area (Å²) in [5.74, 6) is -2.19. The minimum Gasteiger partial charge on any atom is -0.371 e. The predicted octanol–water partition coefficient (Wildman–Crippen LogP) is 0.129. The Morgan fingerprint density at radius 1 is 0.844 bits per heavy atom. The van der Waals surface area contributed by atoms with Crippen LogP contribution in [0.3, 0.4) is 0 Å². The van der Waals surface area contributed by atoms with Crippen molar-refractivity contribution in [3.8, 4) is 0 Å². The summed E-state index contributed by atoms with van der Waals surface area (Å²) in [5.41, 5.74) is -0.495. The Balaban J connectivity index is 1.56. The maximum absolute atomic E-state index is 12.6.